The van der Waals surface area contributed by atoms with Crippen LogP contribution in [0.4, 0.5) is 5.69 Å². The van der Waals surface area contributed by atoms with Crippen LogP contribution < -0.4 is 5.32 Å². The van der Waals surface area contributed by atoms with Crippen molar-refractivity contribution in [2.24, 2.45) is 0 Å². The van der Waals surface area contributed by atoms with E-state index < -0.39 is 0 Å². The van der Waals surface area contributed by atoms with Gasteiger partial charge in [-0.15, -0.1) is 0 Å². The van der Waals surface area contributed by atoms with Crippen LogP contribution in [0.3, 0.4) is 0 Å². The first kappa shape index (κ1) is 23.2. The molecule has 1 N–H and O–H groups in total. The number of anilines is 1. The number of rotatable bonds is 8. The molecule has 9 heteroatoms. The summed E-state index contributed by atoms with van der Waals surface area (Å²) in [5.41, 5.74) is 1.49. The van der Waals surface area contributed by atoms with Crippen molar-refractivity contribution in [1.82, 2.24) is 24.1 Å². The van der Waals surface area contributed by atoms with Gasteiger partial charge in [-0.25, -0.2) is 4.68 Å². The van der Waals surface area contributed by atoms with E-state index in [0.29, 0.717) is 22.0 Å². The number of benzene rings is 1. The molecule has 1 amide bonds. The molecular weight excluding hydrogens is 432 g/mol. The maximum absolute atomic E-state index is 12.5. The predicted molar refractivity (Wildman–Crippen MR) is 127 cm³/mol. The third-order valence-electron chi connectivity index (χ3n) is 4.86. The SMILES string of the molecule is CCCCn1c(-c2ccc(Cl)cc2)nn(CCC(=O)Nc2cnn(C(C)(C)C)c2)c1=S. The smallest absolute Gasteiger partial charge is 0.226 e. The predicted octanol–water partition coefficient (Wildman–Crippen LogP) is 5.51. The minimum absolute atomic E-state index is 0.105. The molecule has 7 nitrogen and oxygen atoms in total. The van der Waals surface area contributed by atoms with Crippen LogP contribution in [-0.2, 0) is 23.4 Å². The molecule has 0 saturated heterocycles. The van der Waals surface area contributed by atoms with E-state index in [1.165, 1.54) is 0 Å². The maximum atomic E-state index is 12.5. The van der Waals surface area contributed by atoms with Crippen molar-refractivity contribution in [2.75, 3.05) is 5.32 Å². The van der Waals surface area contributed by atoms with E-state index in [-0.39, 0.29) is 17.9 Å². The van der Waals surface area contributed by atoms with Gasteiger partial charge in [0.05, 0.1) is 24.0 Å². The van der Waals surface area contributed by atoms with Crippen LogP contribution in [0.1, 0.15) is 47.0 Å². The standard InChI is InChI=1S/C22H29ClN6OS/c1-5-6-12-27-20(16-7-9-17(23)10-8-16)26-28(21(27)31)13-11-19(30)25-18-14-24-29(15-18)22(2,3)4/h7-10,14-15H,5-6,11-13H2,1-4H3,(H,25,30). The molecule has 0 aliphatic heterocycles. The van der Waals surface area contributed by atoms with Gasteiger partial charge in [0.15, 0.2) is 10.6 Å². The normalized spacial score (nSPS) is 11.6. The fraction of sp³-hybridized carbons (Fsp3) is 0.455. The van der Waals surface area contributed by atoms with Crippen molar-refractivity contribution >= 4 is 35.4 Å². The Kier molecular flexibility index (Phi) is 7.33. The van der Waals surface area contributed by atoms with E-state index in [1.807, 2.05) is 39.7 Å². The maximum Gasteiger partial charge on any atom is 0.226 e. The minimum atomic E-state index is -0.139. The van der Waals surface area contributed by atoms with Gasteiger partial charge < -0.3 is 5.32 Å². The van der Waals surface area contributed by atoms with Crippen molar-refractivity contribution < 1.29 is 4.79 Å². The van der Waals surface area contributed by atoms with Crippen molar-refractivity contribution in [3.05, 3.63) is 46.5 Å². The average molecular weight is 461 g/mol. The Bertz CT molecular complexity index is 1090. The summed E-state index contributed by atoms with van der Waals surface area (Å²) in [5, 5.41) is 12.6. The summed E-state index contributed by atoms with van der Waals surface area (Å²) in [6.07, 6.45) is 5.81. The molecule has 0 spiro atoms. The molecule has 3 rings (SSSR count). The highest BCUT2D eigenvalue weighted by molar-refractivity contribution is 7.71. The Labute approximate surface area is 193 Å². The number of hydrogen-bond acceptors (Lipinski definition) is 4. The Morgan fingerprint density at radius 2 is 1.90 bits per heavy atom. The summed E-state index contributed by atoms with van der Waals surface area (Å²) in [4.78, 5) is 12.5. The van der Waals surface area contributed by atoms with E-state index >= 15 is 0 Å². The second kappa shape index (κ2) is 9.78. The van der Waals surface area contributed by atoms with Crippen molar-refractivity contribution in [1.29, 1.82) is 0 Å². The molecule has 0 fully saturated rings. The number of aromatic nitrogens is 5. The van der Waals surface area contributed by atoms with E-state index in [4.69, 9.17) is 28.9 Å². The van der Waals surface area contributed by atoms with E-state index in [0.717, 1.165) is 30.8 Å². The third kappa shape index (κ3) is 5.83. The molecule has 0 unspecified atom stereocenters. The van der Waals surface area contributed by atoms with Crippen LogP contribution in [0, 0.1) is 4.77 Å². The Morgan fingerprint density at radius 1 is 1.19 bits per heavy atom. The van der Waals surface area contributed by atoms with E-state index in [9.17, 15) is 4.79 Å². The monoisotopic (exact) mass is 460 g/mol. The quantitative estimate of drug-likeness (QED) is 0.449. The zero-order valence-corrected chi connectivity index (χ0v) is 20.0. The van der Waals surface area contributed by atoms with Gasteiger partial charge in [0.2, 0.25) is 5.91 Å². The molecule has 0 atom stereocenters. The number of amides is 1. The van der Waals surface area contributed by atoms with Crippen LogP contribution in [0.5, 0.6) is 0 Å². The highest BCUT2D eigenvalue weighted by atomic mass is 35.5. The summed E-state index contributed by atoms with van der Waals surface area (Å²) in [6.45, 7) is 9.49. The van der Waals surface area contributed by atoms with Crippen molar-refractivity contribution in [2.45, 2.75) is 65.6 Å². The van der Waals surface area contributed by atoms with Crippen LogP contribution in [-0.4, -0.2) is 30.0 Å². The van der Waals surface area contributed by atoms with Crippen LogP contribution in [0.25, 0.3) is 11.4 Å². The van der Waals surface area contributed by atoms with E-state index in [1.54, 1.807) is 10.9 Å². The Morgan fingerprint density at radius 3 is 2.52 bits per heavy atom. The molecule has 2 heterocycles. The highest BCUT2D eigenvalue weighted by Crippen LogP contribution is 2.22. The molecule has 1 aromatic carbocycles. The highest BCUT2D eigenvalue weighted by Gasteiger charge is 2.16. The first-order chi connectivity index (χ1) is 14.7. The fourth-order valence-electron chi connectivity index (χ4n) is 3.10. The Balaban J connectivity index is 1.73. The molecular formula is C22H29ClN6OS. The van der Waals surface area contributed by atoms with Crippen LogP contribution >= 0.6 is 23.8 Å². The summed E-state index contributed by atoms with van der Waals surface area (Å²) >= 11 is 11.7. The van der Waals surface area contributed by atoms with Gasteiger partial charge in [-0.3, -0.25) is 14.0 Å². The molecule has 0 aliphatic carbocycles. The van der Waals surface area contributed by atoms with E-state index in [2.05, 4.69) is 38.1 Å². The lowest BCUT2D eigenvalue weighted by atomic mass is 10.1. The molecule has 0 aliphatic rings. The minimum Gasteiger partial charge on any atom is -0.323 e. The van der Waals surface area contributed by atoms with Gasteiger partial charge in [-0.2, -0.15) is 10.2 Å². The van der Waals surface area contributed by atoms with Crippen molar-refractivity contribution in [3.63, 3.8) is 0 Å². The first-order valence-electron chi connectivity index (χ1n) is 10.5. The number of carbonyl (C=O) groups is 1. The van der Waals surface area contributed by atoms with Crippen molar-refractivity contribution in [3.8, 4) is 11.4 Å². The van der Waals surface area contributed by atoms with Gasteiger partial charge in [0.1, 0.15) is 0 Å². The van der Waals surface area contributed by atoms with Crippen LogP contribution in [0.15, 0.2) is 36.7 Å². The topological polar surface area (TPSA) is 69.7 Å². The largest absolute Gasteiger partial charge is 0.323 e. The van der Waals surface area contributed by atoms with Gasteiger partial charge in [-0.05, 0) is 63.7 Å². The third-order valence-corrected chi connectivity index (χ3v) is 5.55. The first-order valence-corrected chi connectivity index (χ1v) is 11.3. The molecule has 0 radical (unpaired) electrons. The lowest BCUT2D eigenvalue weighted by molar-refractivity contribution is -0.116. The second-order valence-corrected chi connectivity index (χ2v) is 9.29. The Hall–Kier alpha value is -2.45. The summed E-state index contributed by atoms with van der Waals surface area (Å²) in [5.74, 6) is 0.688. The average Bonchev–Trinajstić information content (AvgIpc) is 3.30. The van der Waals surface area contributed by atoms with Gasteiger partial charge in [0.25, 0.3) is 0 Å². The number of aryl methyl sites for hydroxylation is 1. The lowest BCUT2D eigenvalue weighted by Crippen LogP contribution is -2.22. The molecule has 31 heavy (non-hydrogen) atoms. The molecule has 0 saturated carbocycles. The number of nitrogens with one attached hydrogen (secondary N) is 1. The zero-order chi connectivity index (χ0) is 22.6. The van der Waals surface area contributed by atoms with Crippen LogP contribution in [0.2, 0.25) is 5.02 Å². The fourth-order valence-corrected chi connectivity index (χ4v) is 3.54. The van der Waals surface area contributed by atoms with Gasteiger partial charge >= 0.3 is 0 Å². The number of carbonyl (C=O) groups excluding carboxylic acids is 1. The van der Waals surface area contributed by atoms with Gasteiger partial charge in [-0.1, -0.05) is 24.9 Å². The number of nitrogens with zero attached hydrogens (tertiary/aromatic N) is 5. The second-order valence-electron chi connectivity index (χ2n) is 8.48. The molecule has 0 bridgehead atoms. The molecule has 166 valence electrons. The number of unbranched alkanes of at least 4 members (excludes halogenated alkanes) is 1. The molecule has 2 aromatic heterocycles. The number of halogens is 1. The number of hydrogen-bond donors (Lipinski definition) is 1. The zero-order valence-electron chi connectivity index (χ0n) is 18.4. The summed E-state index contributed by atoms with van der Waals surface area (Å²) in [7, 11) is 0. The molecule has 3 aromatic rings. The summed E-state index contributed by atoms with van der Waals surface area (Å²) in [6, 6.07) is 7.56. The lowest BCUT2D eigenvalue weighted by Gasteiger charge is -2.18. The van der Waals surface area contributed by atoms with Gasteiger partial charge in [0, 0.05) is 29.7 Å². The summed E-state index contributed by atoms with van der Waals surface area (Å²) < 4.78 is 6.21.